The molecule has 1 aromatic rings. The van der Waals surface area contributed by atoms with Crippen LogP contribution in [0.15, 0.2) is 10.4 Å². The summed E-state index contributed by atoms with van der Waals surface area (Å²) in [7, 11) is -3.47. The van der Waals surface area contributed by atoms with Gasteiger partial charge in [-0.1, -0.05) is 0 Å². The van der Waals surface area contributed by atoms with Gasteiger partial charge in [-0.25, -0.2) is 18.5 Å². The van der Waals surface area contributed by atoms with Crippen molar-refractivity contribution in [2.75, 3.05) is 25.4 Å². The molecule has 1 aromatic heterocycles. The fourth-order valence-corrected chi connectivity index (χ4v) is 2.45. The fraction of sp³-hybridized carbons (Fsp3) is 0.636. The number of aromatic nitrogens is 1. The maximum absolute atomic E-state index is 10.8. The van der Waals surface area contributed by atoms with Gasteiger partial charge in [0.05, 0.1) is 23.0 Å². The molecule has 0 aliphatic carbocycles. The summed E-state index contributed by atoms with van der Waals surface area (Å²) in [6.45, 7) is 5.45. The van der Waals surface area contributed by atoms with Crippen molar-refractivity contribution in [1.82, 2.24) is 15.6 Å². The van der Waals surface area contributed by atoms with Gasteiger partial charge in [-0.15, -0.1) is 35.3 Å². The molecular weight excluding hydrogens is 425 g/mol. The molecule has 0 radical (unpaired) electrons. The van der Waals surface area contributed by atoms with Crippen LogP contribution in [0.3, 0.4) is 0 Å². The number of aryl methyl sites for hydroxylation is 1. The van der Waals surface area contributed by atoms with E-state index in [2.05, 4.69) is 20.6 Å². The summed E-state index contributed by atoms with van der Waals surface area (Å²) in [5.41, 5.74) is 1.04. The first-order valence-corrected chi connectivity index (χ1v) is 8.94. The lowest BCUT2D eigenvalue weighted by Gasteiger charge is -2.10. The zero-order valence-electron chi connectivity index (χ0n) is 12.1. The lowest BCUT2D eigenvalue weighted by molar-refractivity contribution is 0.597. The van der Waals surface area contributed by atoms with Gasteiger partial charge in [-0.3, -0.25) is 4.99 Å². The van der Waals surface area contributed by atoms with E-state index in [1.54, 1.807) is 11.3 Å². The summed E-state index contributed by atoms with van der Waals surface area (Å²) >= 11 is 1.62. The molecular formula is C11H22IN5O2S2. The molecule has 0 fully saturated rings. The number of guanidine groups is 1. The van der Waals surface area contributed by atoms with E-state index < -0.39 is 10.0 Å². The Morgan fingerprint density at radius 3 is 2.71 bits per heavy atom. The number of aliphatic imine (C=N–C) groups is 1. The van der Waals surface area contributed by atoms with Gasteiger partial charge in [0.1, 0.15) is 0 Å². The highest BCUT2D eigenvalue weighted by Crippen LogP contribution is 2.07. The predicted octanol–water partition coefficient (Wildman–Crippen LogP) is 0.456. The molecule has 10 heteroatoms. The van der Waals surface area contributed by atoms with E-state index >= 15 is 0 Å². The Balaban J connectivity index is 0.00000400. The molecule has 0 saturated carbocycles. The van der Waals surface area contributed by atoms with E-state index in [4.69, 9.17) is 5.14 Å². The van der Waals surface area contributed by atoms with Gasteiger partial charge in [-0.05, 0) is 13.8 Å². The van der Waals surface area contributed by atoms with Crippen LogP contribution < -0.4 is 15.8 Å². The second-order valence-electron chi connectivity index (χ2n) is 4.16. The van der Waals surface area contributed by atoms with Crippen LogP contribution >= 0.6 is 35.3 Å². The summed E-state index contributed by atoms with van der Waals surface area (Å²) in [5, 5.41) is 14.2. The molecule has 4 N–H and O–H groups in total. The highest BCUT2D eigenvalue weighted by molar-refractivity contribution is 14.0. The molecule has 7 nitrogen and oxygen atoms in total. The average Bonchev–Trinajstić information content (AvgIpc) is 2.73. The Bertz CT molecular complexity index is 545. The van der Waals surface area contributed by atoms with E-state index in [1.165, 1.54) is 0 Å². The van der Waals surface area contributed by atoms with Gasteiger partial charge in [-0.2, -0.15) is 0 Å². The monoisotopic (exact) mass is 447 g/mol. The first kappa shape index (κ1) is 20.5. The van der Waals surface area contributed by atoms with E-state index in [0.29, 0.717) is 19.0 Å². The Morgan fingerprint density at radius 2 is 2.19 bits per heavy atom. The van der Waals surface area contributed by atoms with E-state index in [1.807, 2.05) is 19.2 Å². The van der Waals surface area contributed by atoms with Crippen LogP contribution in [0.5, 0.6) is 0 Å². The van der Waals surface area contributed by atoms with Crippen LogP contribution in [0, 0.1) is 6.92 Å². The van der Waals surface area contributed by atoms with E-state index in [-0.39, 0.29) is 36.3 Å². The Morgan fingerprint density at radius 1 is 1.48 bits per heavy atom. The fourth-order valence-electron chi connectivity index (χ4n) is 1.46. The molecule has 0 amide bonds. The number of thiazole rings is 1. The topological polar surface area (TPSA) is 109 Å². The first-order valence-electron chi connectivity index (χ1n) is 6.34. The number of sulfonamides is 1. The second kappa shape index (κ2) is 10.3. The smallest absolute Gasteiger partial charge is 0.210 e. The third-order valence-electron chi connectivity index (χ3n) is 2.33. The van der Waals surface area contributed by atoms with Gasteiger partial charge >= 0.3 is 0 Å². The molecule has 0 unspecified atom stereocenters. The van der Waals surface area contributed by atoms with Crippen molar-refractivity contribution >= 4 is 51.3 Å². The molecule has 1 heterocycles. The molecule has 0 aliphatic heterocycles. The third kappa shape index (κ3) is 9.98. The Kier molecular flexibility index (Phi) is 10.1. The minimum Gasteiger partial charge on any atom is -0.357 e. The molecule has 1 rings (SSSR count). The molecule has 21 heavy (non-hydrogen) atoms. The minimum atomic E-state index is -3.47. The van der Waals surface area contributed by atoms with Crippen LogP contribution in [0.4, 0.5) is 0 Å². The second-order valence-corrected chi connectivity index (χ2v) is 6.96. The first-order chi connectivity index (χ1) is 9.40. The van der Waals surface area contributed by atoms with Crippen molar-refractivity contribution in [2.24, 2.45) is 10.1 Å². The van der Waals surface area contributed by atoms with Gasteiger partial charge in [0.25, 0.3) is 0 Å². The number of nitrogens with one attached hydrogen (secondary N) is 2. The highest BCUT2D eigenvalue weighted by atomic mass is 127. The third-order valence-corrected chi connectivity index (χ3v) is 3.90. The van der Waals surface area contributed by atoms with Crippen molar-refractivity contribution in [2.45, 2.75) is 20.3 Å². The number of halogens is 1. The average molecular weight is 447 g/mol. The minimum absolute atomic E-state index is 0. The van der Waals surface area contributed by atoms with Crippen LogP contribution in [0.25, 0.3) is 0 Å². The van der Waals surface area contributed by atoms with E-state index in [9.17, 15) is 8.42 Å². The lowest BCUT2D eigenvalue weighted by atomic mass is 10.3. The number of nitrogens with two attached hydrogens (primary N) is 1. The lowest BCUT2D eigenvalue weighted by Crippen LogP contribution is -2.38. The Labute approximate surface area is 146 Å². The number of rotatable bonds is 7. The zero-order chi connectivity index (χ0) is 15.0. The van der Waals surface area contributed by atoms with Crippen LogP contribution in [-0.4, -0.2) is 44.7 Å². The number of hydrogen-bond donors (Lipinski definition) is 3. The van der Waals surface area contributed by atoms with Crippen molar-refractivity contribution in [1.29, 1.82) is 0 Å². The summed E-state index contributed by atoms with van der Waals surface area (Å²) in [6, 6.07) is 0. The maximum atomic E-state index is 10.8. The van der Waals surface area contributed by atoms with Gasteiger partial charge in [0.2, 0.25) is 10.0 Å². The normalized spacial score (nSPS) is 11.9. The molecule has 0 saturated heterocycles. The number of nitrogens with zero attached hydrogens (tertiary/aromatic N) is 2. The predicted molar refractivity (Wildman–Crippen MR) is 97.9 cm³/mol. The molecule has 0 atom stereocenters. The van der Waals surface area contributed by atoms with Crippen LogP contribution in [-0.2, 0) is 16.4 Å². The van der Waals surface area contributed by atoms with Crippen molar-refractivity contribution in [3.63, 3.8) is 0 Å². The van der Waals surface area contributed by atoms with Crippen LogP contribution in [0.2, 0.25) is 0 Å². The largest absolute Gasteiger partial charge is 0.357 e. The highest BCUT2D eigenvalue weighted by Gasteiger charge is 2.03. The number of hydrogen-bond acceptors (Lipinski definition) is 5. The van der Waals surface area contributed by atoms with Gasteiger partial charge in [0, 0.05) is 24.9 Å². The SMILES string of the molecule is CCNC(=NCCS(N)(=O)=O)NCCc1csc(C)n1.I. The van der Waals surface area contributed by atoms with Crippen molar-refractivity contribution in [3.8, 4) is 0 Å². The summed E-state index contributed by atoms with van der Waals surface area (Å²) in [5.74, 6) is 0.428. The standard InChI is InChI=1S/C11H21N5O2S2.HI/c1-3-13-11(15-6-7-20(12,17)18)14-5-4-10-8-19-9(2)16-10;/h8H,3-7H2,1-2H3,(H2,12,17,18)(H2,13,14,15);1H. The van der Waals surface area contributed by atoms with Gasteiger partial charge in [0.15, 0.2) is 5.96 Å². The summed E-state index contributed by atoms with van der Waals surface area (Å²) in [6.07, 6.45) is 0.796. The quantitative estimate of drug-likeness (QED) is 0.320. The maximum Gasteiger partial charge on any atom is 0.210 e. The molecule has 0 aliphatic rings. The zero-order valence-corrected chi connectivity index (χ0v) is 16.1. The molecule has 0 spiro atoms. The van der Waals surface area contributed by atoms with Crippen molar-refractivity contribution in [3.05, 3.63) is 16.1 Å². The number of primary sulfonamides is 1. The summed E-state index contributed by atoms with van der Waals surface area (Å²) < 4.78 is 21.7. The van der Waals surface area contributed by atoms with Gasteiger partial charge < -0.3 is 10.6 Å². The Hall–Kier alpha value is -0.460. The van der Waals surface area contributed by atoms with E-state index in [0.717, 1.165) is 17.1 Å². The molecule has 122 valence electrons. The molecule has 0 aromatic carbocycles. The van der Waals surface area contributed by atoms with Crippen molar-refractivity contribution < 1.29 is 8.42 Å². The summed E-state index contributed by atoms with van der Waals surface area (Å²) in [4.78, 5) is 8.52. The van der Waals surface area contributed by atoms with Crippen LogP contribution in [0.1, 0.15) is 17.6 Å². The molecule has 0 bridgehead atoms.